The molecule has 0 radical (unpaired) electrons. The molecule has 16 heavy (non-hydrogen) atoms. The van der Waals surface area contributed by atoms with E-state index in [9.17, 15) is 5.11 Å². The highest BCUT2D eigenvalue weighted by Crippen LogP contribution is 2.35. The Kier molecular flexibility index (Phi) is 2.66. The number of nitrogens with zero attached hydrogens (tertiary/aromatic N) is 1. The average Bonchev–Trinajstić information content (AvgIpc) is 2.16. The summed E-state index contributed by atoms with van der Waals surface area (Å²) in [5.74, 6) is 0.252. The Morgan fingerprint density at radius 2 is 1.94 bits per heavy atom. The third-order valence-electron chi connectivity index (χ3n) is 2.56. The maximum atomic E-state index is 9.44. The van der Waals surface area contributed by atoms with Crippen LogP contribution in [-0.4, -0.2) is 10.1 Å². The molecule has 2 nitrogen and oxygen atoms in total. The molecule has 2 aromatic rings. The second-order valence-electron chi connectivity index (χ2n) is 4.93. The molecule has 0 atom stereocenters. The van der Waals surface area contributed by atoms with Crippen LogP contribution < -0.4 is 0 Å². The first kappa shape index (κ1) is 11.4. The highest BCUT2D eigenvalue weighted by molar-refractivity contribution is 9.10. The molecule has 0 spiro atoms. The highest BCUT2D eigenvalue weighted by Gasteiger charge is 2.20. The molecule has 1 aromatic heterocycles. The van der Waals surface area contributed by atoms with Gasteiger partial charge in [0.2, 0.25) is 0 Å². The number of phenolic OH excluding ortho intramolecular Hbond substituents is 1. The van der Waals surface area contributed by atoms with Gasteiger partial charge in [-0.3, -0.25) is 4.98 Å². The van der Waals surface area contributed by atoms with Gasteiger partial charge >= 0.3 is 0 Å². The summed E-state index contributed by atoms with van der Waals surface area (Å²) in [6.45, 7) is 6.50. The lowest BCUT2D eigenvalue weighted by Crippen LogP contribution is -2.13. The van der Waals surface area contributed by atoms with E-state index in [1.165, 1.54) is 5.56 Å². The molecule has 0 fully saturated rings. The van der Waals surface area contributed by atoms with Crippen molar-refractivity contribution < 1.29 is 5.11 Å². The Bertz CT molecular complexity index is 543. The molecule has 1 heterocycles. The fourth-order valence-corrected chi connectivity index (χ4v) is 2.83. The molecular weight excluding hydrogens is 266 g/mol. The van der Waals surface area contributed by atoms with Gasteiger partial charge in [-0.15, -0.1) is 0 Å². The van der Waals surface area contributed by atoms with Crippen LogP contribution in [0, 0.1) is 0 Å². The summed E-state index contributed by atoms with van der Waals surface area (Å²) in [5.41, 5.74) is 2.09. The number of fused-ring (bicyclic) bond motifs is 1. The van der Waals surface area contributed by atoms with Gasteiger partial charge < -0.3 is 5.11 Å². The minimum Gasteiger partial charge on any atom is -0.508 e. The van der Waals surface area contributed by atoms with Crippen LogP contribution >= 0.6 is 15.9 Å². The molecule has 0 aliphatic rings. The predicted molar refractivity (Wildman–Crippen MR) is 69.8 cm³/mol. The van der Waals surface area contributed by atoms with Gasteiger partial charge in [-0.1, -0.05) is 20.8 Å². The number of hydrogen-bond donors (Lipinski definition) is 1. The Hall–Kier alpha value is -1.09. The minimum absolute atomic E-state index is 0.0387. The SMILES string of the molecule is CC(C)(C)c1c(Br)cnc2cc(O)ccc12. The van der Waals surface area contributed by atoms with Gasteiger partial charge in [-0.25, -0.2) is 0 Å². The van der Waals surface area contributed by atoms with Crippen LogP contribution in [0.4, 0.5) is 0 Å². The van der Waals surface area contributed by atoms with Crippen LogP contribution in [0.25, 0.3) is 10.9 Å². The van der Waals surface area contributed by atoms with E-state index in [0.717, 1.165) is 15.4 Å². The second kappa shape index (κ2) is 3.74. The molecule has 0 aliphatic carbocycles. The van der Waals surface area contributed by atoms with Crippen molar-refractivity contribution >= 4 is 26.8 Å². The van der Waals surface area contributed by atoms with Crippen LogP contribution in [0.1, 0.15) is 26.3 Å². The number of pyridine rings is 1. The van der Waals surface area contributed by atoms with E-state index in [0.29, 0.717) is 0 Å². The van der Waals surface area contributed by atoms with Crippen LogP contribution in [0.15, 0.2) is 28.9 Å². The largest absolute Gasteiger partial charge is 0.508 e. The summed E-state index contributed by atoms with van der Waals surface area (Å²) in [6.07, 6.45) is 1.79. The molecule has 1 N–H and O–H groups in total. The molecule has 0 unspecified atom stereocenters. The number of rotatable bonds is 0. The van der Waals surface area contributed by atoms with Crippen molar-refractivity contribution in [2.24, 2.45) is 0 Å². The van der Waals surface area contributed by atoms with Crippen LogP contribution in [0.3, 0.4) is 0 Å². The lowest BCUT2D eigenvalue weighted by atomic mass is 9.85. The van der Waals surface area contributed by atoms with Gasteiger partial charge in [-0.05, 0) is 39.0 Å². The van der Waals surface area contributed by atoms with Crippen LogP contribution in [-0.2, 0) is 5.41 Å². The van der Waals surface area contributed by atoms with Crippen molar-refractivity contribution in [3.05, 3.63) is 34.4 Å². The number of aromatic hydroxyl groups is 1. The average molecular weight is 280 g/mol. The van der Waals surface area contributed by atoms with E-state index in [1.54, 1.807) is 18.3 Å². The molecule has 1 aromatic carbocycles. The van der Waals surface area contributed by atoms with Crippen molar-refractivity contribution in [1.82, 2.24) is 4.98 Å². The Balaban J connectivity index is 2.85. The molecule has 0 saturated heterocycles. The van der Waals surface area contributed by atoms with Crippen molar-refractivity contribution in [2.45, 2.75) is 26.2 Å². The van der Waals surface area contributed by atoms with Crippen molar-refractivity contribution in [2.75, 3.05) is 0 Å². The maximum Gasteiger partial charge on any atom is 0.117 e. The third kappa shape index (κ3) is 1.92. The van der Waals surface area contributed by atoms with Crippen LogP contribution in [0.5, 0.6) is 5.75 Å². The van der Waals surface area contributed by atoms with E-state index in [-0.39, 0.29) is 11.2 Å². The van der Waals surface area contributed by atoms with E-state index in [1.807, 2.05) is 6.07 Å². The van der Waals surface area contributed by atoms with Gasteiger partial charge in [0.05, 0.1) is 5.52 Å². The Morgan fingerprint density at radius 3 is 2.56 bits per heavy atom. The van der Waals surface area contributed by atoms with Gasteiger partial charge in [-0.2, -0.15) is 0 Å². The maximum absolute atomic E-state index is 9.44. The van der Waals surface area contributed by atoms with Gasteiger partial charge in [0.1, 0.15) is 5.75 Å². The van der Waals surface area contributed by atoms with Crippen molar-refractivity contribution in [1.29, 1.82) is 0 Å². The summed E-state index contributed by atoms with van der Waals surface area (Å²) < 4.78 is 1.01. The summed E-state index contributed by atoms with van der Waals surface area (Å²) in [5, 5.41) is 10.5. The topological polar surface area (TPSA) is 33.1 Å². The summed E-state index contributed by atoms with van der Waals surface area (Å²) in [7, 11) is 0. The monoisotopic (exact) mass is 279 g/mol. The Labute approximate surface area is 103 Å². The zero-order chi connectivity index (χ0) is 11.9. The number of halogens is 1. The molecule has 84 valence electrons. The zero-order valence-electron chi connectivity index (χ0n) is 9.58. The smallest absolute Gasteiger partial charge is 0.117 e. The molecule has 0 aliphatic heterocycles. The van der Waals surface area contributed by atoms with Crippen molar-refractivity contribution in [3.8, 4) is 5.75 Å². The Morgan fingerprint density at radius 1 is 1.25 bits per heavy atom. The lowest BCUT2D eigenvalue weighted by molar-refractivity contribution is 0.476. The number of benzene rings is 1. The van der Waals surface area contributed by atoms with Crippen molar-refractivity contribution in [3.63, 3.8) is 0 Å². The number of hydrogen-bond acceptors (Lipinski definition) is 2. The van der Waals surface area contributed by atoms with Crippen LogP contribution in [0.2, 0.25) is 0 Å². The molecule has 0 bridgehead atoms. The summed E-state index contributed by atoms with van der Waals surface area (Å²) in [4.78, 5) is 4.31. The van der Waals surface area contributed by atoms with Gasteiger partial charge in [0.15, 0.2) is 0 Å². The predicted octanol–water partition coefficient (Wildman–Crippen LogP) is 4.00. The van der Waals surface area contributed by atoms with Gasteiger partial charge in [0, 0.05) is 22.1 Å². The molecular formula is C13H14BrNO. The lowest BCUT2D eigenvalue weighted by Gasteiger charge is -2.22. The summed E-state index contributed by atoms with van der Waals surface area (Å²) >= 11 is 3.55. The number of phenols is 1. The van der Waals surface area contributed by atoms with E-state index in [4.69, 9.17) is 0 Å². The fourth-order valence-electron chi connectivity index (χ4n) is 1.92. The van der Waals surface area contributed by atoms with Gasteiger partial charge in [0.25, 0.3) is 0 Å². The third-order valence-corrected chi connectivity index (χ3v) is 3.16. The molecule has 3 heteroatoms. The highest BCUT2D eigenvalue weighted by atomic mass is 79.9. The standard InChI is InChI=1S/C13H14BrNO/c1-13(2,3)12-9-5-4-8(16)6-11(9)15-7-10(12)14/h4-7,16H,1-3H3. The molecule has 2 rings (SSSR count). The first-order chi connectivity index (χ1) is 7.39. The normalized spacial score (nSPS) is 12.0. The fraction of sp³-hybridized carbons (Fsp3) is 0.308. The number of aromatic nitrogens is 1. The zero-order valence-corrected chi connectivity index (χ0v) is 11.2. The first-order valence-corrected chi connectivity index (χ1v) is 5.96. The first-order valence-electron chi connectivity index (χ1n) is 5.17. The molecule has 0 amide bonds. The second-order valence-corrected chi connectivity index (χ2v) is 5.79. The van der Waals surface area contributed by atoms with E-state index >= 15 is 0 Å². The minimum atomic E-state index is 0.0387. The quantitative estimate of drug-likeness (QED) is 0.791. The van der Waals surface area contributed by atoms with E-state index < -0.39 is 0 Å². The van der Waals surface area contributed by atoms with E-state index in [2.05, 4.69) is 41.7 Å². The molecule has 0 saturated carbocycles. The summed E-state index contributed by atoms with van der Waals surface area (Å²) in [6, 6.07) is 5.31.